The van der Waals surface area contributed by atoms with Gasteiger partial charge in [-0.05, 0) is 29.8 Å². The number of methoxy groups -OCH3 is 1. The van der Waals surface area contributed by atoms with Crippen molar-refractivity contribution in [1.82, 2.24) is 9.80 Å². The van der Waals surface area contributed by atoms with Crippen LogP contribution in [0.15, 0.2) is 52.3 Å². The van der Waals surface area contributed by atoms with Gasteiger partial charge in [-0.2, -0.15) is 0 Å². The molecule has 0 bridgehead atoms. The molecular formula is C24H24Cl2N2O7S. The Bertz CT molecular complexity index is 1170. The van der Waals surface area contributed by atoms with Crippen LogP contribution in [0.5, 0.6) is 5.75 Å². The molecule has 0 aliphatic carbocycles. The summed E-state index contributed by atoms with van der Waals surface area (Å²) >= 11 is 14.3. The summed E-state index contributed by atoms with van der Waals surface area (Å²) < 4.78 is 5.37. The fraction of sp³-hybridized carbons (Fsp3) is 0.292. The number of carboxylic acid groups (broad SMARTS) is 1. The smallest absolute Gasteiger partial charge is 0.335 e. The highest BCUT2D eigenvalue weighted by atomic mass is 35.5. The number of halogens is 2. The number of benzene rings is 2. The number of amides is 2. The lowest BCUT2D eigenvalue weighted by atomic mass is 10.1. The quantitative estimate of drug-likeness (QED) is 0.425. The molecule has 1 heterocycles. The SMILES string of the molecule is COc1ccccc1Sc1ccc(/C=C/C(=O)N2CCN(C(=O)C(O)C(O)C(=O)O)CC2)c(Cl)c1Cl. The van der Waals surface area contributed by atoms with Gasteiger partial charge in [0.25, 0.3) is 5.91 Å². The third-order valence-corrected chi connectivity index (χ3v) is 7.61. The van der Waals surface area contributed by atoms with Gasteiger partial charge < -0.3 is 29.9 Å². The van der Waals surface area contributed by atoms with Crippen molar-refractivity contribution >= 4 is 58.8 Å². The van der Waals surface area contributed by atoms with Crippen LogP contribution < -0.4 is 4.74 Å². The summed E-state index contributed by atoms with van der Waals surface area (Å²) in [5.74, 6) is -2.20. The number of aliphatic hydroxyl groups excluding tert-OH is 2. The number of carbonyl (C=O) groups excluding carboxylic acids is 2. The Labute approximate surface area is 221 Å². The Morgan fingerprint density at radius 1 is 0.944 bits per heavy atom. The largest absolute Gasteiger partial charge is 0.496 e. The van der Waals surface area contributed by atoms with Gasteiger partial charge in [0, 0.05) is 37.2 Å². The van der Waals surface area contributed by atoms with E-state index in [0.29, 0.717) is 21.4 Å². The van der Waals surface area contributed by atoms with Gasteiger partial charge in [0.15, 0.2) is 12.2 Å². The fourth-order valence-corrected chi connectivity index (χ4v) is 4.98. The van der Waals surface area contributed by atoms with E-state index in [4.69, 9.17) is 33.0 Å². The monoisotopic (exact) mass is 554 g/mol. The normalized spacial score (nSPS) is 15.6. The minimum Gasteiger partial charge on any atom is -0.496 e. The first-order valence-electron chi connectivity index (χ1n) is 10.8. The van der Waals surface area contributed by atoms with Crippen molar-refractivity contribution in [2.24, 2.45) is 0 Å². The van der Waals surface area contributed by atoms with Gasteiger partial charge in [-0.3, -0.25) is 9.59 Å². The van der Waals surface area contributed by atoms with Crippen molar-refractivity contribution in [2.45, 2.75) is 22.0 Å². The van der Waals surface area contributed by atoms with Gasteiger partial charge in [0.05, 0.1) is 22.1 Å². The molecule has 1 aliphatic rings. The number of ether oxygens (including phenoxy) is 1. The second-order valence-electron chi connectivity index (χ2n) is 7.75. The lowest BCUT2D eigenvalue weighted by molar-refractivity contribution is -0.163. The number of hydrogen-bond acceptors (Lipinski definition) is 7. The molecule has 192 valence electrons. The maximum Gasteiger partial charge on any atom is 0.335 e. The molecule has 3 rings (SSSR count). The molecule has 0 spiro atoms. The zero-order valence-electron chi connectivity index (χ0n) is 19.1. The molecule has 3 N–H and O–H groups in total. The maximum absolute atomic E-state index is 12.6. The van der Waals surface area contributed by atoms with Crippen molar-refractivity contribution in [3.63, 3.8) is 0 Å². The molecule has 2 aromatic carbocycles. The lowest BCUT2D eigenvalue weighted by Gasteiger charge is -2.35. The number of piperazine rings is 1. The molecule has 36 heavy (non-hydrogen) atoms. The lowest BCUT2D eigenvalue weighted by Crippen LogP contribution is -2.55. The molecule has 1 aliphatic heterocycles. The van der Waals surface area contributed by atoms with Crippen molar-refractivity contribution in [3.05, 3.63) is 58.1 Å². The van der Waals surface area contributed by atoms with E-state index in [-0.39, 0.29) is 32.1 Å². The molecule has 2 amide bonds. The second-order valence-corrected chi connectivity index (χ2v) is 9.59. The molecule has 1 fully saturated rings. The molecule has 2 atom stereocenters. The van der Waals surface area contributed by atoms with E-state index < -0.39 is 24.1 Å². The van der Waals surface area contributed by atoms with Crippen molar-refractivity contribution in [1.29, 1.82) is 0 Å². The minimum atomic E-state index is -2.21. The predicted molar refractivity (Wildman–Crippen MR) is 135 cm³/mol. The third-order valence-electron chi connectivity index (χ3n) is 5.48. The molecule has 2 aromatic rings. The Kier molecular flexibility index (Phi) is 9.63. The number of carboxylic acids is 1. The van der Waals surface area contributed by atoms with E-state index in [1.807, 2.05) is 24.3 Å². The first-order chi connectivity index (χ1) is 17.1. The van der Waals surface area contributed by atoms with Gasteiger partial charge in [-0.15, -0.1) is 0 Å². The summed E-state index contributed by atoms with van der Waals surface area (Å²) in [4.78, 5) is 39.9. The van der Waals surface area contributed by atoms with Crippen molar-refractivity contribution < 1.29 is 34.4 Å². The van der Waals surface area contributed by atoms with Crippen LogP contribution in [0.25, 0.3) is 6.08 Å². The Morgan fingerprint density at radius 3 is 2.22 bits per heavy atom. The van der Waals surface area contributed by atoms with Crippen molar-refractivity contribution in [2.75, 3.05) is 33.3 Å². The zero-order valence-corrected chi connectivity index (χ0v) is 21.5. The fourth-order valence-electron chi connectivity index (χ4n) is 3.45. The van der Waals surface area contributed by atoms with Gasteiger partial charge in [-0.25, -0.2) is 4.79 Å². The predicted octanol–water partition coefficient (Wildman–Crippen LogP) is 2.64. The Morgan fingerprint density at radius 2 is 1.58 bits per heavy atom. The van der Waals surface area contributed by atoms with Crippen LogP contribution in [0.1, 0.15) is 5.56 Å². The zero-order chi connectivity index (χ0) is 26.4. The van der Waals surface area contributed by atoms with Crippen molar-refractivity contribution in [3.8, 4) is 5.75 Å². The summed E-state index contributed by atoms with van der Waals surface area (Å²) in [5.41, 5.74) is 0.555. The van der Waals surface area contributed by atoms with Crippen LogP contribution in [0, 0.1) is 0 Å². The van der Waals surface area contributed by atoms with E-state index in [9.17, 15) is 24.6 Å². The number of rotatable bonds is 8. The summed E-state index contributed by atoms with van der Waals surface area (Å²) in [5, 5.41) is 28.5. The molecule has 1 saturated heterocycles. The van der Waals surface area contributed by atoms with E-state index in [1.54, 1.807) is 25.3 Å². The van der Waals surface area contributed by atoms with Crippen LogP contribution in [-0.2, 0) is 14.4 Å². The molecule has 0 aromatic heterocycles. The number of hydrogen-bond donors (Lipinski definition) is 3. The number of para-hydroxylation sites is 1. The van der Waals surface area contributed by atoms with Gasteiger partial charge in [0.2, 0.25) is 5.91 Å². The molecule has 2 unspecified atom stereocenters. The average molecular weight is 555 g/mol. The van der Waals surface area contributed by atoms with Gasteiger partial charge in [0.1, 0.15) is 5.75 Å². The van der Waals surface area contributed by atoms with Gasteiger partial charge >= 0.3 is 5.97 Å². The second kappa shape index (κ2) is 12.5. The van der Waals surface area contributed by atoms with E-state index in [1.165, 1.54) is 27.6 Å². The molecule has 0 radical (unpaired) electrons. The molecule has 12 heteroatoms. The highest BCUT2D eigenvalue weighted by molar-refractivity contribution is 7.99. The Hall–Kier alpha value is -2.76. The molecule has 9 nitrogen and oxygen atoms in total. The minimum absolute atomic E-state index is 0.0866. The number of nitrogens with zero attached hydrogens (tertiary/aromatic N) is 2. The molecule has 0 saturated carbocycles. The maximum atomic E-state index is 12.6. The van der Waals surface area contributed by atoms with E-state index >= 15 is 0 Å². The highest BCUT2D eigenvalue weighted by Crippen LogP contribution is 2.42. The summed E-state index contributed by atoms with van der Waals surface area (Å²) in [7, 11) is 1.59. The van der Waals surface area contributed by atoms with E-state index in [2.05, 4.69) is 0 Å². The van der Waals surface area contributed by atoms with Crippen LogP contribution >= 0.6 is 35.0 Å². The van der Waals surface area contributed by atoms with Crippen LogP contribution in [0.4, 0.5) is 0 Å². The third kappa shape index (κ3) is 6.51. The first kappa shape index (κ1) is 27.8. The standard InChI is InChI=1S/C24H24Cl2N2O7S/c1-35-15-4-2-3-5-16(15)36-17-8-6-14(19(25)20(17)26)7-9-18(29)27-10-12-28(13-11-27)23(32)21(30)22(31)24(33)34/h2-9,21-22,30-31H,10-13H2,1H3,(H,33,34)/b9-7+. The number of carbonyl (C=O) groups is 3. The molecular weight excluding hydrogens is 531 g/mol. The Balaban J connectivity index is 1.61. The first-order valence-corrected chi connectivity index (χ1v) is 12.3. The summed E-state index contributed by atoms with van der Waals surface area (Å²) in [6, 6.07) is 11.1. The van der Waals surface area contributed by atoms with E-state index in [0.717, 1.165) is 9.79 Å². The van der Waals surface area contributed by atoms with Crippen LogP contribution in [0.3, 0.4) is 0 Å². The number of aliphatic hydroxyl groups is 2. The summed E-state index contributed by atoms with van der Waals surface area (Å²) in [6.07, 6.45) is -1.37. The average Bonchev–Trinajstić information content (AvgIpc) is 2.89. The van der Waals surface area contributed by atoms with Crippen LogP contribution in [-0.4, -0.2) is 88.4 Å². The summed E-state index contributed by atoms with van der Waals surface area (Å²) in [6.45, 7) is 0.522. The van der Waals surface area contributed by atoms with Crippen LogP contribution in [0.2, 0.25) is 10.0 Å². The highest BCUT2D eigenvalue weighted by Gasteiger charge is 2.34. The topological polar surface area (TPSA) is 128 Å². The van der Waals surface area contributed by atoms with Gasteiger partial charge in [-0.1, -0.05) is 53.2 Å². The number of aliphatic carboxylic acids is 1.